The van der Waals surface area contributed by atoms with Crippen LogP contribution in [0.25, 0.3) is 0 Å². The molecule has 1 aromatic carbocycles. The van der Waals surface area contributed by atoms with Crippen LogP contribution in [-0.2, 0) is 0 Å². The molecule has 2 N–H and O–H groups in total. The highest BCUT2D eigenvalue weighted by molar-refractivity contribution is 5.20. The number of benzene rings is 1. The largest absolute Gasteiger partial charge is 0.315 e. The van der Waals surface area contributed by atoms with Gasteiger partial charge >= 0.3 is 0 Å². The van der Waals surface area contributed by atoms with Gasteiger partial charge in [-0.2, -0.15) is 0 Å². The fraction of sp³-hybridized carbons (Fsp3) is 0.667. The van der Waals surface area contributed by atoms with Crippen LogP contribution >= 0.6 is 0 Å². The standard InChI is InChI=1S/C18H32N2/c1-6-15(2)17(16-10-8-7-9-11-16)14-19-12-13-20-18(3,4)5/h7-11,15,17,19-20H,6,12-14H2,1-5H3. The Morgan fingerprint density at radius 2 is 1.70 bits per heavy atom. The van der Waals surface area contributed by atoms with Crippen molar-refractivity contribution < 1.29 is 0 Å². The molecule has 0 aromatic heterocycles. The Bertz CT molecular complexity index is 353. The summed E-state index contributed by atoms with van der Waals surface area (Å²) in [4.78, 5) is 0. The van der Waals surface area contributed by atoms with Crippen molar-refractivity contribution in [1.29, 1.82) is 0 Å². The lowest BCUT2D eigenvalue weighted by Gasteiger charge is -2.25. The zero-order valence-corrected chi connectivity index (χ0v) is 13.9. The number of rotatable bonds is 8. The summed E-state index contributed by atoms with van der Waals surface area (Å²) in [5.74, 6) is 1.32. The van der Waals surface area contributed by atoms with Crippen molar-refractivity contribution in [1.82, 2.24) is 10.6 Å². The lowest BCUT2D eigenvalue weighted by Crippen LogP contribution is -2.41. The van der Waals surface area contributed by atoms with Crippen LogP contribution in [0.15, 0.2) is 30.3 Å². The fourth-order valence-electron chi connectivity index (χ4n) is 2.42. The van der Waals surface area contributed by atoms with Crippen LogP contribution < -0.4 is 10.6 Å². The molecule has 0 amide bonds. The number of hydrogen-bond donors (Lipinski definition) is 2. The van der Waals surface area contributed by atoms with Crippen molar-refractivity contribution in [3.63, 3.8) is 0 Å². The first-order valence-corrected chi connectivity index (χ1v) is 7.94. The van der Waals surface area contributed by atoms with E-state index in [2.05, 4.69) is 75.6 Å². The van der Waals surface area contributed by atoms with Gasteiger partial charge in [0.05, 0.1) is 0 Å². The highest BCUT2D eigenvalue weighted by atomic mass is 15.0. The molecular weight excluding hydrogens is 244 g/mol. The zero-order valence-electron chi connectivity index (χ0n) is 13.9. The van der Waals surface area contributed by atoms with Crippen molar-refractivity contribution >= 4 is 0 Å². The summed E-state index contributed by atoms with van der Waals surface area (Å²) in [5, 5.41) is 7.13. The third-order valence-corrected chi connectivity index (χ3v) is 3.88. The molecule has 0 radical (unpaired) electrons. The Kier molecular flexibility index (Phi) is 7.25. The van der Waals surface area contributed by atoms with Gasteiger partial charge in [0.25, 0.3) is 0 Å². The van der Waals surface area contributed by atoms with Gasteiger partial charge in [-0.15, -0.1) is 0 Å². The third-order valence-electron chi connectivity index (χ3n) is 3.88. The predicted molar refractivity (Wildman–Crippen MR) is 89.3 cm³/mol. The summed E-state index contributed by atoms with van der Waals surface area (Å²) < 4.78 is 0. The maximum atomic E-state index is 3.61. The SMILES string of the molecule is CCC(C)C(CNCCNC(C)(C)C)c1ccccc1. The maximum absolute atomic E-state index is 3.61. The van der Waals surface area contributed by atoms with Crippen molar-refractivity contribution in [2.45, 2.75) is 52.5 Å². The van der Waals surface area contributed by atoms with E-state index in [1.165, 1.54) is 12.0 Å². The minimum absolute atomic E-state index is 0.206. The molecule has 1 rings (SSSR count). The van der Waals surface area contributed by atoms with Crippen molar-refractivity contribution in [2.24, 2.45) is 5.92 Å². The second kappa shape index (κ2) is 8.43. The Morgan fingerprint density at radius 1 is 1.05 bits per heavy atom. The molecule has 0 heterocycles. The summed E-state index contributed by atoms with van der Waals surface area (Å²) in [6.07, 6.45) is 1.22. The number of nitrogens with one attached hydrogen (secondary N) is 2. The molecule has 0 aliphatic rings. The molecule has 0 saturated heterocycles. The normalized spacial score (nSPS) is 15.1. The maximum Gasteiger partial charge on any atom is 0.00970 e. The van der Waals surface area contributed by atoms with Crippen LogP contribution in [0.5, 0.6) is 0 Å². The van der Waals surface area contributed by atoms with E-state index in [4.69, 9.17) is 0 Å². The molecular formula is C18H32N2. The molecule has 2 heteroatoms. The monoisotopic (exact) mass is 276 g/mol. The Balaban J connectivity index is 2.43. The van der Waals surface area contributed by atoms with Crippen LogP contribution in [0.1, 0.15) is 52.5 Å². The Morgan fingerprint density at radius 3 is 2.25 bits per heavy atom. The first-order valence-electron chi connectivity index (χ1n) is 7.94. The van der Waals surface area contributed by atoms with Gasteiger partial charge in [-0.1, -0.05) is 50.6 Å². The lowest BCUT2D eigenvalue weighted by molar-refractivity contribution is 0.396. The van der Waals surface area contributed by atoms with E-state index in [0.717, 1.165) is 19.6 Å². The average molecular weight is 276 g/mol. The van der Waals surface area contributed by atoms with Crippen LogP contribution in [0.3, 0.4) is 0 Å². The van der Waals surface area contributed by atoms with Crippen molar-refractivity contribution in [2.75, 3.05) is 19.6 Å². The second-order valence-electron chi connectivity index (χ2n) is 6.78. The summed E-state index contributed by atoms with van der Waals surface area (Å²) in [5.41, 5.74) is 1.66. The molecule has 2 atom stereocenters. The highest BCUT2D eigenvalue weighted by Crippen LogP contribution is 2.25. The van der Waals surface area contributed by atoms with Crippen LogP contribution in [0.4, 0.5) is 0 Å². The highest BCUT2D eigenvalue weighted by Gasteiger charge is 2.17. The molecule has 20 heavy (non-hydrogen) atoms. The number of hydrogen-bond acceptors (Lipinski definition) is 2. The minimum atomic E-state index is 0.206. The van der Waals surface area contributed by atoms with E-state index in [-0.39, 0.29) is 5.54 Å². The molecule has 0 bridgehead atoms. The van der Waals surface area contributed by atoms with Crippen LogP contribution in [-0.4, -0.2) is 25.2 Å². The van der Waals surface area contributed by atoms with Crippen molar-refractivity contribution in [3.8, 4) is 0 Å². The topological polar surface area (TPSA) is 24.1 Å². The smallest absolute Gasteiger partial charge is 0.00970 e. The van der Waals surface area contributed by atoms with E-state index in [9.17, 15) is 0 Å². The molecule has 0 saturated carbocycles. The summed E-state index contributed by atoms with van der Waals surface area (Å²) in [7, 11) is 0. The van der Waals surface area contributed by atoms with Gasteiger partial charge < -0.3 is 10.6 Å². The van der Waals surface area contributed by atoms with E-state index < -0.39 is 0 Å². The summed E-state index contributed by atoms with van der Waals surface area (Å²) >= 11 is 0. The third kappa shape index (κ3) is 6.53. The van der Waals surface area contributed by atoms with Gasteiger partial charge in [-0.3, -0.25) is 0 Å². The molecule has 0 aliphatic carbocycles. The summed E-state index contributed by atoms with van der Waals surface area (Å²) in [6.45, 7) is 14.4. The Labute approximate surface area is 125 Å². The van der Waals surface area contributed by atoms with E-state index >= 15 is 0 Å². The van der Waals surface area contributed by atoms with Gasteiger partial charge in [0.2, 0.25) is 0 Å². The van der Waals surface area contributed by atoms with Crippen molar-refractivity contribution in [3.05, 3.63) is 35.9 Å². The van der Waals surface area contributed by atoms with E-state index in [0.29, 0.717) is 11.8 Å². The first kappa shape index (κ1) is 17.2. The van der Waals surface area contributed by atoms with Gasteiger partial charge in [-0.25, -0.2) is 0 Å². The fourth-order valence-corrected chi connectivity index (χ4v) is 2.42. The lowest BCUT2D eigenvalue weighted by atomic mass is 9.85. The minimum Gasteiger partial charge on any atom is -0.315 e. The molecule has 0 spiro atoms. The molecule has 0 fully saturated rings. The van der Waals surface area contributed by atoms with E-state index in [1.807, 2.05) is 0 Å². The molecule has 2 nitrogen and oxygen atoms in total. The predicted octanol–water partition coefficient (Wildman–Crippen LogP) is 3.79. The van der Waals surface area contributed by atoms with Crippen LogP contribution in [0, 0.1) is 5.92 Å². The van der Waals surface area contributed by atoms with Gasteiger partial charge in [-0.05, 0) is 38.2 Å². The zero-order chi connectivity index (χ0) is 15.0. The van der Waals surface area contributed by atoms with Crippen LogP contribution in [0.2, 0.25) is 0 Å². The van der Waals surface area contributed by atoms with Gasteiger partial charge in [0.1, 0.15) is 0 Å². The molecule has 0 aliphatic heterocycles. The first-order chi connectivity index (χ1) is 9.44. The summed E-state index contributed by atoms with van der Waals surface area (Å²) in [6, 6.07) is 10.9. The molecule has 114 valence electrons. The molecule has 2 unspecified atom stereocenters. The average Bonchev–Trinajstić information content (AvgIpc) is 2.42. The second-order valence-corrected chi connectivity index (χ2v) is 6.78. The van der Waals surface area contributed by atoms with Gasteiger partial charge in [0, 0.05) is 25.2 Å². The molecule has 1 aromatic rings. The van der Waals surface area contributed by atoms with E-state index in [1.54, 1.807) is 0 Å². The quantitative estimate of drug-likeness (QED) is 0.706. The Hall–Kier alpha value is -0.860. The van der Waals surface area contributed by atoms with Gasteiger partial charge in [0.15, 0.2) is 0 Å².